The normalized spacial score (nSPS) is 23.0. The van der Waals surface area contributed by atoms with Crippen molar-refractivity contribution in [2.75, 3.05) is 33.3 Å². The second-order valence-corrected chi connectivity index (χ2v) is 8.94. The third kappa shape index (κ3) is 9.28. The fourth-order valence-electron chi connectivity index (χ4n) is 2.65. The number of methoxy groups -OCH3 is 1. The second-order valence-electron chi connectivity index (χ2n) is 8.94. The van der Waals surface area contributed by atoms with Gasteiger partial charge in [-0.15, -0.1) is 0 Å². The van der Waals surface area contributed by atoms with Gasteiger partial charge in [0.1, 0.15) is 11.2 Å². The van der Waals surface area contributed by atoms with Gasteiger partial charge in [-0.2, -0.15) is 0 Å². The van der Waals surface area contributed by atoms with E-state index in [9.17, 15) is 14.7 Å². The molecule has 158 valence electrons. The van der Waals surface area contributed by atoms with Crippen LogP contribution in [0.5, 0.6) is 0 Å². The van der Waals surface area contributed by atoms with Crippen molar-refractivity contribution in [3.63, 3.8) is 0 Å². The van der Waals surface area contributed by atoms with Crippen molar-refractivity contribution in [2.45, 2.75) is 77.8 Å². The molecule has 2 heterocycles. The lowest BCUT2D eigenvalue weighted by molar-refractivity contribution is 0.0249. The molecule has 2 rings (SSSR count). The third-order valence-corrected chi connectivity index (χ3v) is 3.95. The highest BCUT2D eigenvalue weighted by Gasteiger charge is 2.30. The summed E-state index contributed by atoms with van der Waals surface area (Å²) < 4.78 is 15.6. The number of ether oxygens (including phenoxy) is 3. The maximum Gasteiger partial charge on any atom is 0.410 e. The van der Waals surface area contributed by atoms with E-state index in [0.717, 1.165) is 13.0 Å². The van der Waals surface area contributed by atoms with Gasteiger partial charge >= 0.3 is 12.2 Å². The first kappa shape index (κ1) is 23.5. The predicted octanol–water partition coefficient (Wildman–Crippen LogP) is 2.63. The number of rotatable bonds is 1. The smallest absolute Gasteiger partial charge is 0.410 e. The minimum atomic E-state index is -0.454. The highest BCUT2D eigenvalue weighted by molar-refractivity contribution is 5.68. The van der Waals surface area contributed by atoms with E-state index in [4.69, 9.17) is 14.2 Å². The van der Waals surface area contributed by atoms with Crippen LogP contribution in [0.25, 0.3) is 0 Å². The molecule has 8 heteroatoms. The van der Waals surface area contributed by atoms with Crippen molar-refractivity contribution < 1.29 is 28.9 Å². The summed E-state index contributed by atoms with van der Waals surface area (Å²) in [5.41, 5.74) is -0.868. The fraction of sp³-hybridized carbons (Fsp3) is 0.895. The van der Waals surface area contributed by atoms with E-state index in [0.29, 0.717) is 26.1 Å². The highest BCUT2D eigenvalue weighted by Crippen LogP contribution is 2.16. The lowest BCUT2D eigenvalue weighted by Crippen LogP contribution is -2.35. The zero-order chi connectivity index (χ0) is 20.8. The Morgan fingerprint density at radius 3 is 1.63 bits per heavy atom. The maximum absolute atomic E-state index is 11.6. The topological polar surface area (TPSA) is 88.5 Å². The molecule has 0 aromatic heterocycles. The van der Waals surface area contributed by atoms with E-state index < -0.39 is 11.2 Å². The number of nitrogens with zero attached hydrogens (tertiary/aromatic N) is 2. The van der Waals surface area contributed by atoms with E-state index in [1.807, 2.05) is 41.5 Å². The van der Waals surface area contributed by atoms with Gasteiger partial charge in [-0.25, -0.2) is 9.59 Å². The quantitative estimate of drug-likeness (QED) is 0.743. The van der Waals surface area contributed by atoms with Gasteiger partial charge in [0.05, 0.1) is 18.8 Å². The minimum Gasteiger partial charge on any atom is -0.444 e. The van der Waals surface area contributed by atoms with Crippen molar-refractivity contribution >= 4 is 12.2 Å². The Kier molecular flexibility index (Phi) is 8.35. The van der Waals surface area contributed by atoms with Crippen LogP contribution >= 0.6 is 0 Å². The molecule has 0 aliphatic carbocycles. The largest absolute Gasteiger partial charge is 0.444 e. The Labute approximate surface area is 162 Å². The van der Waals surface area contributed by atoms with E-state index in [-0.39, 0.29) is 24.4 Å². The lowest BCUT2D eigenvalue weighted by atomic mass is 10.2. The number of carbonyl (C=O) groups is 2. The molecule has 2 amide bonds. The molecular formula is C19H36N2O6. The molecule has 0 spiro atoms. The van der Waals surface area contributed by atoms with Crippen molar-refractivity contribution in [1.82, 2.24) is 9.80 Å². The zero-order valence-electron chi connectivity index (χ0n) is 17.8. The summed E-state index contributed by atoms with van der Waals surface area (Å²) in [5, 5.41) is 9.20. The number of aliphatic hydroxyl groups excluding tert-OH is 1. The van der Waals surface area contributed by atoms with Gasteiger partial charge in [0, 0.05) is 26.7 Å². The first-order valence-electron chi connectivity index (χ1n) is 9.47. The fourth-order valence-corrected chi connectivity index (χ4v) is 2.65. The summed E-state index contributed by atoms with van der Waals surface area (Å²) >= 11 is 0. The van der Waals surface area contributed by atoms with E-state index >= 15 is 0 Å². The van der Waals surface area contributed by atoms with Crippen LogP contribution in [0.15, 0.2) is 0 Å². The van der Waals surface area contributed by atoms with Crippen LogP contribution < -0.4 is 0 Å². The molecule has 8 nitrogen and oxygen atoms in total. The summed E-state index contributed by atoms with van der Waals surface area (Å²) in [7, 11) is 1.67. The summed E-state index contributed by atoms with van der Waals surface area (Å²) in [4.78, 5) is 26.2. The van der Waals surface area contributed by atoms with Crippen LogP contribution in [0, 0.1) is 0 Å². The second kappa shape index (κ2) is 9.59. The highest BCUT2D eigenvalue weighted by atomic mass is 16.6. The number of hydrogen-bond donors (Lipinski definition) is 1. The Morgan fingerprint density at radius 1 is 0.852 bits per heavy atom. The van der Waals surface area contributed by atoms with Crippen molar-refractivity contribution in [3.8, 4) is 0 Å². The van der Waals surface area contributed by atoms with Crippen LogP contribution in [-0.4, -0.2) is 83.8 Å². The Hall–Kier alpha value is -1.54. The minimum absolute atomic E-state index is 0.169. The van der Waals surface area contributed by atoms with E-state index in [1.54, 1.807) is 12.0 Å². The van der Waals surface area contributed by atoms with Gasteiger partial charge in [0.2, 0.25) is 0 Å². The van der Waals surface area contributed by atoms with Gasteiger partial charge in [0.15, 0.2) is 0 Å². The molecule has 2 fully saturated rings. The van der Waals surface area contributed by atoms with Crippen molar-refractivity contribution in [2.24, 2.45) is 0 Å². The molecule has 0 radical (unpaired) electrons. The number of hydrogen-bond acceptors (Lipinski definition) is 6. The SMILES string of the molecule is CC(C)(C)OC(=O)N1CC[C@@H](O)C1.CO[C@@H]1CCN(C(=O)OC(C)(C)C)C1. The first-order chi connectivity index (χ1) is 12.3. The van der Waals surface area contributed by atoms with Gasteiger partial charge in [0.25, 0.3) is 0 Å². The van der Waals surface area contributed by atoms with Gasteiger partial charge in [-0.1, -0.05) is 0 Å². The van der Waals surface area contributed by atoms with E-state index in [1.165, 1.54) is 4.90 Å². The van der Waals surface area contributed by atoms with Crippen LogP contribution in [0.1, 0.15) is 54.4 Å². The van der Waals surface area contributed by atoms with Gasteiger partial charge in [-0.05, 0) is 54.4 Å². The molecular weight excluding hydrogens is 352 g/mol. The average Bonchev–Trinajstić information content (AvgIpc) is 3.13. The van der Waals surface area contributed by atoms with Crippen LogP contribution in [0.2, 0.25) is 0 Å². The molecule has 2 aliphatic heterocycles. The molecule has 0 aromatic rings. The van der Waals surface area contributed by atoms with Crippen LogP contribution in [-0.2, 0) is 14.2 Å². The summed E-state index contributed by atoms with van der Waals surface area (Å²) in [6, 6.07) is 0. The van der Waals surface area contributed by atoms with Crippen LogP contribution in [0.4, 0.5) is 9.59 Å². The van der Waals surface area contributed by atoms with Crippen molar-refractivity contribution in [3.05, 3.63) is 0 Å². The first-order valence-corrected chi connectivity index (χ1v) is 9.47. The standard InChI is InChI=1S/C10H19NO3.C9H17NO3/c1-10(2,3)14-9(12)11-6-5-8(7-11)13-4;1-9(2,3)13-8(12)10-5-4-7(11)6-10/h8H,5-7H2,1-4H3;7,11H,4-6H2,1-3H3/t8-;7-/m11/s1. The summed E-state index contributed by atoms with van der Waals surface area (Å²) in [5.74, 6) is 0. The molecule has 2 atom stereocenters. The number of likely N-dealkylation sites (tertiary alicyclic amines) is 2. The number of aliphatic hydroxyl groups is 1. The van der Waals surface area contributed by atoms with Gasteiger partial charge < -0.3 is 29.1 Å². The van der Waals surface area contributed by atoms with Crippen LogP contribution in [0.3, 0.4) is 0 Å². The Morgan fingerprint density at radius 2 is 1.30 bits per heavy atom. The monoisotopic (exact) mass is 388 g/mol. The molecule has 0 bridgehead atoms. The number of β-amino-alcohol motifs (C(OH)–C–C–N with tert-alkyl or cyclic N) is 1. The number of amides is 2. The lowest BCUT2D eigenvalue weighted by Gasteiger charge is -2.24. The molecule has 1 N–H and O–H groups in total. The Bertz CT molecular complexity index is 497. The molecule has 2 saturated heterocycles. The van der Waals surface area contributed by atoms with Crippen molar-refractivity contribution in [1.29, 1.82) is 0 Å². The average molecular weight is 389 g/mol. The Balaban J connectivity index is 0.000000271. The molecule has 27 heavy (non-hydrogen) atoms. The molecule has 0 saturated carbocycles. The van der Waals surface area contributed by atoms with E-state index in [2.05, 4.69) is 0 Å². The molecule has 2 aliphatic rings. The third-order valence-electron chi connectivity index (χ3n) is 3.95. The molecule has 0 aromatic carbocycles. The maximum atomic E-state index is 11.6. The summed E-state index contributed by atoms with van der Waals surface area (Å²) in [6.07, 6.45) is 0.769. The molecule has 0 unspecified atom stereocenters. The summed E-state index contributed by atoms with van der Waals surface area (Å²) in [6.45, 7) is 13.5. The zero-order valence-corrected chi connectivity index (χ0v) is 17.8. The predicted molar refractivity (Wildman–Crippen MR) is 102 cm³/mol. The van der Waals surface area contributed by atoms with Gasteiger partial charge in [-0.3, -0.25) is 0 Å². The number of carbonyl (C=O) groups excluding carboxylic acids is 2.